The lowest BCUT2D eigenvalue weighted by Gasteiger charge is -2.53. The van der Waals surface area contributed by atoms with Gasteiger partial charge in [0.05, 0.1) is 6.10 Å². The minimum atomic E-state index is -0.439. The summed E-state index contributed by atoms with van der Waals surface area (Å²) in [4.78, 5) is 0.901. The Bertz CT molecular complexity index is 349. The molecule has 0 saturated heterocycles. The largest absolute Gasteiger partial charge is 0.387 e. The van der Waals surface area contributed by atoms with Crippen LogP contribution in [0, 0.1) is 23.2 Å². The maximum atomic E-state index is 10.3. The van der Waals surface area contributed by atoms with Crippen LogP contribution in [0.3, 0.4) is 0 Å². The van der Waals surface area contributed by atoms with E-state index in [-0.39, 0.29) is 11.3 Å². The molecule has 2 aliphatic rings. The summed E-state index contributed by atoms with van der Waals surface area (Å²) in [5.41, 5.74) is 1.36. The summed E-state index contributed by atoms with van der Waals surface area (Å²) < 4.78 is 0. The zero-order valence-electron chi connectivity index (χ0n) is 11.2. The third-order valence-corrected chi connectivity index (χ3v) is 5.89. The fourth-order valence-corrected chi connectivity index (χ4v) is 4.43. The predicted octanol–water partition coefficient (Wildman–Crippen LogP) is 3.76. The van der Waals surface area contributed by atoms with E-state index in [2.05, 4.69) is 20.4 Å². The Morgan fingerprint density at radius 1 is 1.47 bits per heavy atom. The molecule has 0 amide bonds. The zero-order chi connectivity index (χ0) is 12.8. The van der Waals surface area contributed by atoms with Crippen LogP contribution in [0.5, 0.6) is 0 Å². The monoisotopic (exact) mass is 252 g/mol. The highest BCUT2D eigenvalue weighted by Gasteiger charge is 2.51. The van der Waals surface area contributed by atoms with Gasteiger partial charge in [0.25, 0.3) is 0 Å². The highest BCUT2D eigenvalue weighted by molar-refractivity contribution is 7.80. The fraction of sp³-hybridized carbons (Fsp3) is 0.800. The van der Waals surface area contributed by atoms with E-state index in [1.54, 1.807) is 0 Å². The third-order valence-electron chi connectivity index (χ3n) is 5.36. The second-order valence-corrected chi connectivity index (χ2v) is 6.87. The molecule has 0 bridgehead atoms. The summed E-state index contributed by atoms with van der Waals surface area (Å²) in [6, 6.07) is 0. The van der Waals surface area contributed by atoms with Gasteiger partial charge < -0.3 is 5.11 Å². The topological polar surface area (TPSA) is 20.2 Å². The van der Waals surface area contributed by atoms with Crippen LogP contribution in [0.25, 0.3) is 0 Å². The van der Waals surface area contributed by atoms with Crippen LogP contribution in [-0.4, -0.2) is 16.1 Å². The summed E-state index contributed by atoms with van der Waals surface area (Å²) in [5, 5.41) is 10.3. The molecule has 2 fully saturated rings. The first-order valence-corrected chi connectivity index (χ1v) is 7.16. The predicted molar refractivity (Wildman–Crippen MR) is 76.1 cm³/mol. The molecule has 5 unspecified atom stereocenters. The lowest BCUT2D eigenvalue weighted by molar-refractivity contribution is 0.0151. The quantitative estimate of drug-likeness (QED) is 0.566. The maximum absolute atomic E-state index is 10.3. The summed E-state index contributed by atoms with van der Waals surface area (Å²) in [7, 11) is 0. The lowest BCUT2D eigenvalue weighted by Crippen LogP contribution is -2.53. The number of rotatable bonds is 1. The van der Waals surface area contributed by atoms with Crippen molar-refractivity contribution in [1.29, 1.82) is 0 Å². The first-order valence-electron chi connectivity index (χ1n) is 6.75. The SMILES string of the molecule is C=C(C)C1CC2(C)C(C)CCCC2C(=S)C1O. The van der Waals surface area contributed by atoms with Crippen molar-refractivity contribution in [2.24, 2.45) is 23.2 Å². The van der Waals surface area contributed by atoms with Gasteiger partial charge in [-0.15, -0.1) is 0 Å². The van der Waals surface area contributed by atoms with Gasteiger partial charge in [-0.25, -0.2) is 0 Å². The zero-order valence-corrected chi connectivity index (χ0v) is 12.0. The first-order chi connectivity index (χ1) is 7.88. The van der Waals surface area contributed by atoms with Gasteiger partial charge in [0.15, 0.2) is 0 Å². The molecule has 17 heavy (non-hydrogen) atoms. The molecule has 1 N–H and O–H groups in total. The Labute approximate surface area is 110 Å². The smallest absolute Gasteiger partial charge is 0.0920 e. The Morgan fingerprint density at radius 3 is 2.71 bits per heavy atom. The molecule has 96 valence electrons. The lowest BCUT2D eigenvalue weighted by atomic mass is 9.52. The molecule has 5 atom stereocenters. The van der Waals surface area contributed by atoms with Crippen LogP contribution in [0.1, 0.15) is 46.5 Å². The second kappa shape index (κ2) is 4.47. The molecule has 1 nitrogen and oxygen atoms in total. The molecule has 2 rings (SSSR count). The van der Waals surface area contributed by atoms with Crippen LogP contribution in [0.2, 0.25) is 0 Å². The van der Waals surface area contributed by atoms with E-state index < -0.39 is 6.10 Å². The molecule has 2 saturated carbocycles. The van der Waals surface area contributed by atoms with Crippen LogP contribution in [0.4, 0.5) is 0 Å². The van der Waals surface area contributed by atoms with Gasteiger partial charge in [-0.3, -0.25) is 0 Å². The van der Waals surface area contributed by atoms with Gasteiger partial charge in [-0.05, 0) is 37.0 Å². The first kappa shape index (κ1) is 13.2. The summed E-state index contributed by atoms with van der Waals surface area (Å²) in [6.45, 7) is 10.8. The number of thiocarbonyl (C=S) groups is 1. The molecule has 0 aromatic heterocycles. The number of fused-ring (bicyclic) bond motifs is 1. The van der Waals surface area contributed by atoms with Crippen molar-refractivity contribution in [2.75, 3.05) is 0 Å². The molecule has 2 aliphatic carbocycles. The number of aliphatic hydroxyl groups is 1. The molecule has 0 heterocycles. The van der Waals surface area contributed by atoms with Gasteiger partial charge in [0.2, 0.25) is 0 Å². The van der Waals surface area contributed by atoms with Crippen LogP contribution >= 0.6 is 12.2 Å². The Balaban J connectivity index is 2.34. The summed E-state index contributed by atoms with van der Waals surface area (Å²) >= 11 is 5.56. The Kier molecular flexibility index (Phi) is 3.48. The average Bonchev–Trinajstić information content (AvgIpc) is 2.26. The van der Waals surface area contributed by atoms with Crippen molar-refractivity contribution in [3.05, 3.63) is 12.2 Å². The van der Waals surface area contributed by atoms with E-state index in [0.717, 1.165) is 16.9 Å². The molecule has 0 aromatic carbocycles. The minimum absolute atomic E-state index is 0.171. The van der Waals surface area contributed by atoms with Gasteiger partial charge in [0.1, 0.15) is 0 Å². The Hall–Kier alpha value is -0.210. The van der Waals surface area contributed by atoms with E-state index in [4.69, 9.17) is 12.2 Å². The van der Waals surface area contributed by atoms with Gasteiger partial charge in [-0.1, -0.05) is 51.1 Å². The van der Waals surface area contributed by atoms with E-state index >= 15 is 0 Å². The van der Waals surface area contributed by atoms with E-state index in [1.165, 1.54) is 19.3 Å². The van der Waals surface area contributed by atoms with Crippen molar-refractivity contribution in [3.8, 4) is 0 Å². The maximum Gasteiger partial charge on any atom is 0.0920 e. The summed E-state index contributed by atoms with van der Waals surface area (Å²) in [5.74, 6) is 1.31. The molecule has 0 aromatic rings. The summed E-state index contributed by atoms with van der Waals surface area (Å²) in [6.07, 6.45) is 4.33. The molecule has 0 radical (unpaired) electrons. The van der Waals surface area contributed by atoms with Gasteiger partial charge >= 0.3 is 0 Å². The molecule has 2 heteroatoms. The van der Waals surface area contributed by atoms with E-state index in [0.29, 0.717) is 11.8 Å². The average molecular weight is 252 g/mol. The third kappa shape index (κ3) is 2.00. The Morgan fingerprint density at radius 2 is 2.12 bits per heavy atom. The number of hydrogen-bond acceptors (Lipinski definition) is 2. The van der Waals surface area contributed by atoms with Crippen molar-refractivity contribution < 1.29 is 5.11 Å². The highest BCUT2D eigenvalue weighted by atomic mass is 32.1. The molecule has 0 aliphatic heterocycles. The molecular weight excluding hydrogens is 228 g/mol. The highest BCUT2D eigenvalue weighted by Crippen LogP contribution is 2.54. The second-order valence-electron chi connectivity index (χ2n) is 6.39. The standard InChI is InChI=1S/C15H24OS/c1-9(2)11-8-15(4)10(3)6-5-7-12(15)14(17)13(11)16/h10-13,16H,1,5-8H2,2-4H3. The fourth-order valence-electron chi connectivity index (χ4n) is 3.88. The molecular formula is C15H24OS. The van der Waals surface area contributed by atoms with Gasteiger partial charge in [-0.2, -0.15) is 0 Å². The van der Waals surface area contributed by atoms with Crippen molar-refractivity contribution in [2.45, 2.75) is 52.6 Å². The van der Waals surface area contributed by atoms with Crippen LogP contribution < -0.4 is 0 Å². The van der Waals surface area contributed by atoms with E-state index in [1.807, 2.05) is 6.92 Å². The number of hydrogen-bond donors (Lipinski definition) is 1. The number of aliphatic hydroxyl groups excluding tert-OH is 1. The van der Waals surface area contributed by atoms with Crippen LogP contribution in [-0.2, 0) is 0 Å². The van der Waals surface area contributed by atoms with Gasteiger partial charge in [0, 0.05) is 10.8 Å². The van der Waals surface area contributed by atoms with Crippen LogP contribution in [0.15, 0.2) is 12.2 Å². The minimum Gasteiger partial charge on any atom is -0.387 e. The van der Waals surface area contributed by atoms with E-state index in [9.17, 15) is 5.11 Å². The van der Waals surface area contributed by atoms with Crippen molar-refractivity contribution in [3.63, 3.8) is 0 Å². The van der Waals surface area contributed by atoms with Crippen molar-refractivity contribution in [1.82, 2.24) is 0 Å². The molecule has 0 spiro atoms. The normalized spacial score (nSPS) is 46.5. The van der Waals surface area contributed by atoms with Crippen molar-refractivity contribution >= 4 is 17.1 Å².